The van der Waals surface area contributed by atoms with E-state index in [4.69, 9.17) is 40.2 Å². The summed E-state index contributed by atoms with van der Waals surface area (Å²) in [7, 11) is 1.62. The van der Waals surface area contributed by atoms with E-state index in [1.165, 1.54) is 0 Å². The maximum absolute atomic E-state index is 13.0. The van der Waals surface area contributed by atoms with Crippen molar-refractivity contribution in [2.24, 2.45) is 0 Å². The number of carbonyl (C=O) groups excluding carboxylic acids is 1. The van der Waals surface area contributed by atoms with Crippen LogP contribution in [0.25, 0.3) is 0 Å². The lowest BCUT2D eigenvalue weighted by Crippen LogP contribution is -2.39. The molecule has 0 radical (unpaired) electrons. The number of aromatic amines is 1. The molecule has 0 spiro atoms. The molecule has 1 atom stereocenters. The average Bonchev–Trinajstić information content (AvgIpc) is 3.43. The zero-order valence-corrected chi connectivity index (χ0v) is 22.2. The Bertz CT molecular complexity index is 1450. The Morgan fingerprint density at radius 3 is 2.56 bits per heavy atom. The van der Waals surface area contributed by atoms with Crippen molar-refractivity contribution in [3.8, 4) is 5.75 Å². The van der Waals surface area contributed by atoms with Crippen molar-refractivity contribution >= 4 is 64.5 Å². The standard InChI is InChI=1S/C25H21Cl2N5O2S2/c1-34-17-11-9-15(10-12-17)24-32(22(33)14-36-24)31-21(29-30-25(31)35)13-16-5-2-3-8-20(16)28-23-18(26)6-4-7-19(23)27/h2-12,24,28H,13-14H2,1H3,(H,30,35). The molecule has 5 rings (SSSR count). The molecule has 184 valence electrons. The molecule has 36 heavy (non-hydrogen) atoms. The number of rotatable bonds is 7. The molecular formula is C25H21Cl2N5O2S2. The number of aromatic nitrogens is 3. The normalized spacial score (nSPS) is 15.4. The second-order valence-corrected chi connectivity index (χ2v) is 10.3. The third-order valence-electron chi connectivity index (χ3n) is 5.76. The number of para-hydroxylation sites is 2. The molecular weight excluding hydrogens is 537 g/mol. The molecule has 1 aliphatic heterocycles. The van der Waals surface area contributed by atoms with Crippen LogP contribution < -0.4 is 15.1 Å². The zero-order chi connectivity index (χ0) is 25.2. The number of H-pyrrole nitrogens is 1. The van der Waals surface area contributed by atoms with Crippen LogP contribution >= 0.6 is 47.2 Å². The van der Waals surface area contributed by atoms with Crippen LogP contribution in [-0.4, -0.2) is 33.6 Å². The van der Waals surface area contributed by atoms with Gasteiger partial charge in [0, 0.05) is 12.1 Å². The summed E-state index contributed by atoms with van der Waals surface area (Å²) in [6, 6.07) is 20.8. The second kappa shape index (κ2) is 10.6. The van der Waals surface area contributed by atoms with E-state index in [0.29, 0.717) is 38.5 Å². The number of thioether (sulfide) groups is 1. The third-order valence-corrected chi connectivity index (χ3v) is 7.86. The molecule has 1 unspecified atom stereocenters. The molecule has 0 aliphatic carbocycles. The number of hydrogen-bond acceptors (Lipinski definition) is 6. The van der Waals surface area contributed by atoms with Crippen LogP contribution in [0.2, 0.25) is 10.0 Å². The molecule has 1 saturated heterocycles. The molecule has 1 aliphatic rings. The number of nitrogens with zero attached hydrogens (tertiary/aromatic N) is 3. The predicted octanol–water partition coefficient (Wildman–Crippen LogP) is 6.50. The molecule has 11 heteroatoms. The fourth-order valence-electron chi connectivity index (χ4n) is 4.02. The Balaban J connectivity index is 1.49. The van der Waals surface area contributed by atoms with Gasteiger partial charge in [0.25, 0.3) is 5.91 Å². The van der Waals surface area contributed by atoms with Crippen molar-refractivity contribution in [2.45, 2.75) is 11.8 Å². The SMILES string of the molecule is COc1ccc(C2SCC(=O)N2n2c(Cc3ccccc3Nc3c(Cl)cccc3Cl)n[nH]c2=S)cc1. The molecule has 7 nitrogen and oxygen atoms in total. The van der Waals surface area contributed by atoms with E-state index in [2.05, 4.69) is 15.5 Å². The van der Waals surface area contributed by atoms with Gasteiger partial charge in [-0.05, 0) is 53.7 Å². The van der Waals surface area contributed by atoms with Crippen molar-refractivity contribution in [3.63, 3.8) is 0 Å². The monoisotopic (exact) mass is 557 g/mol. The Morgan fingerprint density at radius 1 is 1.11 bits per heavy atom. The lowest BCUT2D eigenvalue weighted by atomic mass is 10.1. The Hall–Kier alpha value is -2.98. The van der Waals surface area contributed by atoms with Gasteiger partial charge in [-0.25, -0.2) is 9.69 Å². The van der Waals surface area contributed by atoms with E-state index in [1.54, 1.807) is 46.8 Å². The number of halogens is 2. The average molecular weight is 559 g/mol. The van der Waals surface area contributed by atoms with Gasteiger partial charge in [0.2, 0.25) is 4.77 Å². The van der Waals surface area contributed by atoms with Gasteiger partial charge in [0.05, 0.1) is 28.6 Å². The summed E-state index contributed by atoms with van der Waals surface area (Å²) >= 11 is 19.9. The van der Waals surface area contributed by atoms with Crippen molar-refractivity contribution in [1.82, 2.24) is 14.9 Å². The van der Waals surface area contributed by atoms with Gasteiger partial charge >= 0.3 is 0 Å². The summed E-state index contributed by atoms with van der Waals surface area (Å²) in [5.74, 6) is 1.65. The summed E-state index contributed by atoms with van der Waals surface area (Å²) in [5.41, 5.74) is 3.35. The van der Waals surface area contributed by atoms with Crippen LogP contribution in [0, 0.1) is 4.77 Å². The van der Waals surface area contributed by atoms with Gasteiger partial charge in [-0.15, -0.1) is 11.8 Å². The molecule has 0 saturated carbocycles. The molecule has 1 fully saturated rings. The van der Waals surface area contributed by atoms with Crippen LogP contribution in [0.3, 0.4) is 0 Å². The van der Waals surface area contributed by atoms with Crippen molar-refractivity contribution in [1.29, 1.82) is 0 Å². The lowest BCUT2D eigenvalue weighted by molar-refractivity contribution is -0.117. The van der Waals surface area contributed by atoms with E-state index in [-0.39, 0.29) is 11.3 Å². The van der Waals surface area contributed by atoms with Crippen molar-refractivity contribution in [2.75, 3.05) is 23.2 Å². The Kier molecular flexibility index (Phi) is 7.25. The fourth-order valence-corrected chi connectivity index (χ4v) is 5.89. The molecule has 2 N–H and O–H groups in total. The zero-order valence-electron chi connectivity index (χ0n) is 19.1. The maximum atomic E-state index is 13.0. The first-order valence-electron chi connectivity index (χ1n) is 11.0. The van der Waals surface area contributed by atoms with Crippen LogP contribution in [0.5, 0.6) is 5.75 Å². The Morgan fingerprint density at radius 2 is 1.83 bits per heavy atom. The maximum Gasteiger partial charge on any atom is 0.252 e. The molecule has 1 amide bonds. The van der Waals surface area contributed by atoms with E-state index < -0.39 is 0 Å². The number of methoxy groups -OCH3 is 1. The fraction of sp³-hybridized carbons (Fsp3) is 0.160. The van der Waals surface area contributed by atoms with Gasteiger partial charge in [-0.1, -0.05) is 59.6 Å². The smallest absolute Gasteiger partial charge is 0.252 e. The summed E-state index contributed by atoms with van der Waals surface area (Å²) in [6.45, 7) is 0. The van der Waals surface area contributed by atoms with Crippen molar-refractivity contribution in [3.05, 3.63) is 98.5 Å². The topological polar surface area (TPSA) is 75.2 Å². The first-order valence-corrected chi connectivity index (χ1v) is 13.2. The van der Waals surface area contributed by atoms with E-state index in [9.17, 15) is 4.79 Å². The quantitative estimate of drug-likeness (QED) is 0.252. The summed E-state index contributed by atoms with van der Waals surface area (Å²) in [5, 5.41) is 13.1. The third kappa shape index (κ3) is 4.84. The first kappa shape index (κ1) is 24.7. The van der Waals surface area contributed by atoms with Gasteiger partial charge < -0.3 is 10.1 Å². The van der Waals surface area contributed by atoms with Crippen molar-refractivity contribution < 1.29 is 9.53 Å². The second-order valence-electron chi connectivity index (χ2n) is 7.99. The number of anilines is 2. The van der Waals surface area contributed by atoms with Crippen LogP contribution in [0.4, 0.5) is 11.4 Å². The molecule has 2 heterocycles. The number of amides is 1. The molecule has 1 aromatic heterocycles. The minimum atomic E-state index is -0.248. The van der Waals surface area contributed by atoms with Gasteiger partial charge in [-0.3, -0.25) is 9.89 Å². The minimum Gasteiger partial charge on any atom is -0.497 e. The largest absolute Gasteiger partial charge is 0.497 e. The summed E-state index contributed by atoms with van der Waals surface area (Å²) in [6.07, 6.45) is 0.405. The highest BCUT2D eigenvalue weighted by atomic mass is 35.5. The first-order chi connectivity index (χ1) is 17.5. The van der Waals surface area contributed by atoms with E-state index in [0.717, 1.165) is 22.6 Å². The van der Waals surface area contributed by atoms with Crippen LogP contribution in [-0.2, 0) is 11.2 Å². The summed E-state index contributed by atoms with van der Waals surface area (Å²) in [4.78, 5) is 13.0. The summed E-state index contributed by atoms with van der Waals surface area (Å²) < 4.78 is 7.32. The number of ether oxygens (including phenoxy) is 1. The lowest BCUT2D eigenvalue weighted by Gasteiger charge is -2.26. The van der Waals surface area contributed by atoms with Crippen LogP contribution in [0.15, 0.2) is 66.7 Å². The Labute approximate surface area is 227 Å². The molecule has 3 aromatic carbocycles. The number of benzene rings is 3. The number of nitrogens with one attached hydrogen (secondary N) is 2. The highest BCUT2D eigenvalue weighted by Gasteiger charge is 2.36. The highest BCUT2D eigenvalue weighted by Crippen LogP contribution is 2.39. The highest BCUT2D eigenvalue weighted by molar-refractivity contribution is 8.00. The van der Waals surface area contributed by atoms with Crippen LogP contribution in [0.1, 0.15) is 22.3 Å². The molecule has 0 bridgehead atoms. The minimum absolute atomic E-state index is 0.0474. The van der Waals surface area contributed by atoms with E-state index in [1.807, 2.05) is 48.5 Å². The predicted molar refractivity (Wildman–Crippen MR) is 148 cm³/mol. The van der Waals surface area contributed by atoms with Gasteiger partial charge in [0.15, 0.2) is 5.82 Å². The van der Waals surface area contributed by atoms with Gasteiger partial charge in [-0.2, -0.15) is 5.10 Å². The molecule has 4 aromatic rings. The van der Waals surface area contributed by atoms with E-state index >= 15 is 0 Å². The number of carbonyl (C=O) groups is 1. The number of hydrogen-bond donors (Lipinski definition) is 2. The van der Waals surface area contributed by atoms with Gasteiger partial charge in [0.1, 0.15) is 11.1 Å².